The van der Waals surface area contributed by atoms with Gasteiger partial charge >= 0.3 is 11.9 Å². The number of halogens is 2. The maximum absolute atomic E-state index is 13.7. The zero-order chi connectivity index (χ0) is 35.1. The van der Waals surface area contributed by atoms with Gasteiger partial charge < -0.3 is 14.8 Å². The Morgan fingerprint density at radius 2 is 1.57 bits per heavy atom. The number of benzene rings is 2. The van der Waals surface area contributed by atoms with Crippen LogP contribution in [0.25, 0.3) is 0 Å². The fourth-order valence-corrected chi connectivity index (χ4v) is 5.56. The van der Waals surface area contributed by atoms with Crippen LogP contribution in [-0.2, 0) is 35.8 Å². The van der Waals surface area contributed by atoms with E-state index >= 15 is 0 Å². The number of nitrogens with zero attached hydrogens (tertiary/aromatic N) is 2. The molecule has 0 aliphatic rings. The van der Waals surface area contributed by atoms with Crippen LogP contribution >= 0.6 is 23.2 Å². The number of amides is 1. The van der Waals surface area contributed by atoms with Gasteiger partial charge in [0.15, 0.2) is 12.4 Å². The van der Waals surface area contributed by atoms with Crippen LogP contribution in [0.2, 0.25) is 10.0 Å². The van der Waals surface area contributed by atoms with Crippen LogP contribution in [0.4, 0.5) is 0 Å². The van der Waals surface area contributed by atoms with Crippen LogP contribution < -0.4 is 10.9 Å². The third kappa shape index (κ3) is 10.2. The third-order valence-corrected chi connectivity index (χ3v) is 7.83. The second kappa shape index (κ2) is 15.7. The summed E-state index contributed by atoms with van der Waals surface area (Å²) in [4.78, 5) is 66.1. The van der Waals surface area contributed by atoms with Crippen LogP contribution in [0, 0.1) is 0 Å². The van der Waals surface area contributed by atoms with Crippen LogP contribution in [0.5, 0.6) is 0 Å². The molecule has 47 heavy (non-hydrogen) atoms. The first-order chi connectivity index (χ1) is 21.9. The number of carbonyl (C=O) groups is 4. The molecule has 0 fully saturated rings. The topological polar surface area (TPSA) is 134 Å². The molecule has 0 aliphatic heterocycles. The molecule has 3 rings (SSSR count). The minimum absolute atomic E-state index is 0.0317. The van der Waals surface area contributed by atoms with Gasteiger partial charge in [0.25, 0.3) is 5.56 Å². The Labute approximate surface area is 284 Å². The van der Waals surface area contributed by atoms with Crippen LogP contribution in [0.1, 0.15) is 94.3 Å². The molecule has 10 nitrogen and oxygen atoms in total. The summed E-state index contributed by atoms with van der Waals surface area (Å²) in [6, 6.07) is 12.3. The van der Waals surface area contributed by atoms with E-state index in [4.69, 9.17) is 32.7 Å². The smallest absolute Gasteiger partial charge is 0.341 e. The molecule has 1 unspecified atom stereocenters. The summed E-state index contributed by atoms with van der Waals surface area (Å²) < 4.78 is 11.9. The number of esters is 2. The zero-order valence-electron chi connectivity index (χ0n) is 27.7. The third-order valence-electron chi connectivity index (χ3n) is 7.20. The Bertz CT molecular complexity index is 1670. The van der Waals surface area contributed by atoms with Crippen molar-refractivity contribution >= 4 is 46.8 Å². The average Bonchev–Trinajstić information content (AvgIpc) is 2.96. The molecule has 1 amide bonds. The highest BCUT2D eigenvalue weighted by atomic mass is 35.5. The highest BCUT2D eigenvalue weighted by Crippen LogP contribution is 2.27. The Morgan fingerprint density at radius 1 is 0.936 bits per heavy atom. The van der Waals surface area contributed by atoms with Gasteiger partial charge in [0.05, 0.1) is 34.5 Å². The van der Waals surface area contributed by atoms with Gasteiger partial charge in [-0.15, -0.1) is 0 Å². The minimum Gasteiger partial charge on any atom is -0.460 e. The maximum Gasteiger partial charge on any atom is 0.341 e. The standard InChI is InChI=1S/C35H41Cl2N3O7/c1-8-22(23-16-17-38-40(32(23)44)19-21-12-9-10-13-24(21)34(2,3)4)31(43)39-27(18-29(42)47-35(5,6)7)28(41)20-46-33(45)30-25(36)14-11-15-26(30)37/h9-17,22,27H,8,18-20H2,1-7H3,(H,39,43)/t22?,27-/m0/s1. The average molecular weight is 687 g/mol. The Kier molecular flexibility index (Phi) is 12.5. The Morgan fingerprint density at radius 3 is 2.17 bits per heavy atom. The van der Waals surface area contributed by atoms with E-state index in [0.717, 1.165) is 11.1 Å². The summed E-state index contributed by atoms with van der Waals surface area (Å²) in [7, 11) is 0. The highest BCUT2D eigenvalue weighted by molar-refractivity contribution is 6.39. The molecule has 1 aromatic heterocycles. The number of hydrogen-bond acceptors (Lipinski definition) is 8. The van der Waals surface area contributed by atoms with Crippen molar-refractivity contribution < 1.29 is 28.7 Å². The van der Waals surface area contributed by atoms with Crippen molar-refractivity contribution in [2.45, 2.75) is 90.8 Å². The van der Waals surface area contributed by atoms with Crippen molar-refractivity contribution in [3.05, 3.63) is 97.4 Å². The van der Waals surface area contributed by atoms with E-state index in [-0.39, 0.29) is 39.6 Å². The first-order valence-electron chi connectivity index (χ1n) is 15.2. The predicted molar refractivity (Wildman–Crippen MR) is 180 cm³/mol. The van der Waals surface area contributed by atoms with E-state index in [1.54, 1.807) is 33.8 Å². The molecule has 2 atom stereocenters. The summed E-state index contributed by atoms with van der Waals surface area (Å²) in [5.41, 5.74) is 0.538. The number of carbonyl (C=O) groups excluding carboxylic acids is 4. The van der Waals surface area contributed by atoms with Gasteiger partial charge in [0.1, 0.15) is 11.6 Å². The SMILES string of the molecule is CCC(C(=O)N[C@@H](CC(=O)OC(C)(C)C)C(=O)COC(=O)c1c(Cl)cccc1Cl)c1ccnn(Cc2ccccc2C(C)(C)C)c1=O. The molecular weight excluding hydrogens is 645 g/mol. The van der Waals surface area contributed by atoms with Crippen molar-refractivity contribution in [3.63, 3.8) is 0 Å². The van der Waals surface area contributed by atoms with Gasteiger partial charge in [-0.25, -0.2) is 9.48 Å². The van der Waals surface area contributed by atoms with E-state index in [2.05, 4.69) is 31.2 Å². The molecule has 0 radical (unpaired) electrons. The monoisotopic (exact) mass is 685 g/mol. The summed E-state index contributed by atoms with van der Waals surface area (Å²) in [6.07, 6.45) is 1.12. The lowest BCUT2D eigenvalue weighted by atomic mass is 9.84. The number of ketones is 1. The first kappa shape index (κ1) is 37.4. The van der Waals surface area contributed by atoms with E-state index in [1.165, 1.54) is 29.1 Å². The molecule has 252 valence electrons. The van der Waals surface area contributed by atoms with Crippen molar-refractivity contribution in [1.29, 1.82) is 0 Å². The fraction of sp³-hybridized carbons (Fsp3) is 0.429. The molecule has 12 heteroatoms. The van der Waals surface area contributed by atoms with E-state index in [1.807, 2.05) is 24.3 Å². The van der Waals surface area contributed by atoms with Gasteiger partial charge in [-0.05, 0) is 61.9 Å². The normalized spacial score (nSPS) is 13.0. The van der Waals surface area contributed by atoms with Crippen LogP contribution in [0.15, 0.2) is 59.5 Å². The fourth-order valence-electron chi connectivity index (χ4n) is 5.01. The van der Waals surface area contributed by atoms with Gasteiger partial charge in [-0.2, -0.15) is 5.10 Å². The lowest BCUT2D eigenvalue weighted by molar-refractivity contribution is -0.156. The molecule has 0 spiro atoms. The number of aromatic nitrogens is 2. The van der Waals surface area contributed by atoms with Gasteiger partial charge in [0, 0.05) is 11.8 Å². The number of hydrogen-bond donors (Lipinski definition) is 1. The summed E-state index contributed by atoms with van der Waals surface area (Å²) >= 11 is 12.2. The van der Waals surface area contributed by atoms with Gasteiger partial charge in [-0.3, -0.25) is 19.2 Å². The van der Waals surface area contributed by atoms with Crippen LogP contribution in [0.3, 0.4) is 0 Å². The number of ether oxygens (including phenoxy) is 2. The lowest BCUT2D eigenvalue weighted by Gasteiger charge is -2.24. The summed E-state index contributed by atoms with van der Waals surface area (Å²) in [5, 5.41) is 6.92. The molecule has 0 aliphatic carbocycles. The highest BCUT2D eigenvalue weighted by Gasteiger charge is 2.32. The Balaban J connectivity index is 1.86. The van der Waals surface area contributed by atoms with E-state index < -0.39 is 59.8 Å². The molecule has 1 N–H and O–H groups in total. The molecule has 1 heterocycles. The minimum atomic E-state index is -1.43. The molecule has 2 aromatic carbocycles. The second-order valence-electron chi connectivity index (χ2n) is 13.1. The molecule has 0 saturated heterocycles. The zero-order valence-corrected chi connectivity index (χ0v) is 29.2. The van der Waals surface area contributed by atoms with Crippen molar-refractivity contribution in [1.82, 2.24) is 15.1 Å². The molecule has 0 saturated carbocycles. The van der Waals surface area contributed by atoms with Crippen molar-refractivity contribution in [3.8, 4) is 0 Å². The summed E-state index contributed by atoms with van der Waals surface area (Å²) in [6.45, 7) is 12.4. The quantitative estimate of drug-likeness (QED) is 0.228. The first-order valence-corrected chi connectivity index (χ1v) is 16.0. The van der Waals surface area contributed by atoms with Gasteiger partial charge in [-0.1, -0.05) is 81.2 Å². The van der Waals surface area contributed by atoms with E-state index in [0.29, 0.717) is 0 Å². The molecule has 0 bridgehead atoms. The predicted octanol–water partition coefficient (Wildman–Crippen LogP) is 6.03. The van der Waals surface area contributed by atoms with Crippen LogP contribution in [-0.4, -0.2) is 51.7 Å². The largest absolute Gasteiger partial charge is 0.460 e. The Hall–Kier alpha value is -4.02. The van der Waals surface area contributed by atoms with Crippen molar-refractivity contribution in [2.75, 3.05) is 6.61 Å². The second-order valence-corrected chi connectivity index (χ2v) is 13.9. The maximum atomic E-state index is 13.7. The molecular formula is C35H41Cl2N3O7. The van der Waals surface area contributed by atoms with E-state index in [9.17, 15) is 24.0 Å². The lowest BCUT2D eigenvalue weighted by Crippen LogP contribution is -2.47. The number of rotatable bonds is 12. The number of Topliss-reactive ketones (excluding diaryl/α,β-unsaturated/α-hetero) is 1. The number of nitrogens with one attached hydrogen (secondary N) is 1. The summed E-state index contributed by atoms with van der Waals surface area (Å²) in [5.74, 6) is -4.13. The van der Waals surface area contributed by atoms with Crippen molar-refractivity contribution in [2.24, 2.45) is 0 Å². The molecule has 3 aromatic rings. The van der Waals surface area contributed by atoms with Gasteiger partial charge in [0.2, 0.25) is 5.91 Å².